The Morgan fingerprint density at radius 3 is 2.64 bits per heavy atom. The maximum absolute atomic E-state index is 13.5. The van der Waals surface area contributed by atoms with Crippen molar-refractivity contribution in [3.8, 4) is 0 Å². The van der Waals surface area contributed by atoms with Crippen molar-refractivity contribution >= 4 is 11.9 Å². The number of nitrogens with one attached hydrogen (secondary N) is 2. The molecule has 22 heavy (non-hydrogen) atoms. The smallest absolute Gasteiger partial charge is 0.270 e. The van der Waals surface area contributed by atoms with Crippen LogP contribution < -0.4 is 10.6 Å². The van der Waals surface area contributed by atoms with Crippen molar-refractivity contribution in [2.24, 2.45) is 0 Å². The first-order valence-electron chi connectivity index (χ1n) is 6.98. The van der Waals surface area contributed by atoms with Crippen LogP contribution in [0.5, 0.6) is 0 Å². The highest BCUT2D eigenvalue weighted by atomic mass is 19.1. The van der Waals surface area contributed by atoms with E-state index in [4.69, 9.17) is 0 Å². The average molecular weight is 302 g/mol. The number of amides is 1. The molecule has 0 aliphatic heterocycles. The Morgan fingerprint density at radius 2 is 1.95 bits per heavy atom. The van der Waals surface area contributed by atoms with Gasteiger partial charge in [0, 0.05) is 23.8 Å². The molecule has 0 spiro atoms. The molecule has 0 aliphatic rings. The third-order valence-electron chi connectivity index (χ3n) is 2.77. The lowest BCUT2D eigenvalue weighted by Crippen LogP contribution is -2.41. The van der Waals surface area contributed by atoms with Crippen LogP contribution in [0.25, 0.3) is 0 Å². The molecule has 1 aromatic carbocycles. The first kappa shape index (κ1) is 15.9. The number of hydrogen-bond donors (Lipinski definition) is 2. The monoisotopic (exact) mass is 302 g/mol. The summed E-state index contributed by atoms with van der Waals surface area (Å²) in [5.74, 6) is -0.287. The summed E-state index contributed by atoms with van der Waals surface area (Å²) in [5, 5.41) is 5.75. The number of hydrogen-bond acceptors (Lipinski definition) is 4. The Labute approximate surface area is 129 Å². The van der Waals surface area contributed by atoms with Gasteiger partial charge in [0.25, 0.3) is 5.91 Å². The second kappa shape index (κ2) is 6.51. The molecule has 2 N–H and O–H groups in total. The molecule has 0 radical (unpaired) electrons. The molecule has 5 nitrogen and oxygen atoms in total. The summed E-state index contributed by atoms with van der Waals surface area (Å²) in [4.78, 5) is 20.2. The van der Waals surface area contributed by atoms with Gasteiger partial charge in [-0.3, -0.25) is 4.79 Å². The number of rotatable bonds is 4. The minimum absolute atomic E-state index is 0.247. The van der Waals surface area contributed by atoms with Gasteiger partial charge in [-0.05, 0) is 32.9 Å². The Kier molecular flexibility index (Phi) is 4.70. The summed E-state index contributed by atoms with van der Waals surface area (Å²) < 4.78 is 13.5. The average Bonchev–Trinajstić information content (AvgIpc) is 2.45. The zero-order valence-electron chi connectivity index (χ0n) is 12.9. The molecule has 0 bridgehead atoms. The summed E-state index contributed by atoms with van der Waals surface area (Å²) >= 11 is 0. The quantitative estimate of drug-likeness (QED) is 0.911. The molecule has 6 heteroatoms. The number of aromatic nitrogens is 2. The third kappa shape index (κ3) is 4.51. The van der Waals surface area contributed by atoms with Crippen molar-refractivity contribution in [2.75, 3.05) is 5.32 Å². The molecule has 0 saturated carbocycles. The largest absolute Gasteiger partial charge is 0.350 e. The first-order chi connectivity index (χ1) is 10.3. The number of carbonyl (C=O) groups excluding carboxylic acids is 1. The summed E-state index contributed by atoms with van der Waals surface area (Å²) in [7, 11) is 0. The molecule has 0 aliphatic carbocycles. The highest BCUT2D eigenvalue weighted by Gasteiger charge is 2.16. The Bertz CT molecular complexity index is 667. The minimum Gasteiger partial charge on any atom is -0.350 e. The van der Waals surface area contributed by atoms with Gasteiger partial charge in [0.1, 0.15) is 11.5 Å². The van der Waals surface area contributed by atoms with E-state index in [1.807, 2.05) is 20.8 Å². The normalized spacial score (nSPS) is 11.1. The van der Waals surface area contributed by atoms with Gasteiger partial charge in [0.2, 0.25) is 5.95 Å². The highest BCUT2D eigenvalue weighted by molar-refractivity contribution is 5.92. The lowest BCUT2D eigenvalue weighted by atomic mass is 10.1. The molecule has 116 valence electrons. The van der Waals surface area contributed by atoms with Crippen LogP contribution in [0.1, 0.15) is 36.8 Å². The van der Waals surface area contributed by atoms with Crippen LogP contribution in [0.4, 0.5) is 10.3 Å². The maximum Gasteiger partial charge on any atom is 0.270 e. The standard InChI is InChI=1S/C16H19FN4O/c1-16(2,3)21-14(22)13-8-9-18-15(20-13)19-10-11-6-4-5-7-12(11)17/h4-9H,10H2,1-3H3,(H,21,22)(H,18,19,20). The van der Waals surface area contributed by atoms with Gasteiger partial charge in [0.15, 0.2) is 0 Å². The fraction of sp³-hybridized carbons (Fsp3) is 0.312. The van der Waals surface area contributed by atoms with Crippen molar-refractivity contribution < 1.29 is 9.18 Å². The van der Waals surface area contributed by atoms with Gasteiger partial charge in [0.05, 0.1) is 0 Å². The van der Waals surface area contributed by atoms with Crippen molar-refractivity contribution in [2.45, 2.75) is 32.9 Å². The molecule has 1 aromatic heterocycles. The van der Waals surface area contributed by atoms with Crippen LogP contribution in [0, 0.1) is 5.82 Å². The first-order valence-corrected chi connectivity index (χ1v) is 6.98. The van der Waals surface area contributed by atoms with Crippen LogP contribution in [0.15, 0.2) is 36.5 Å². The second-order valence-corrected chi connectivity index (χ2v) is 5.91. The molecule has 0 atom stereocenters. The number of nitrogens with zero attached hydrogens (tertiary/aromatic N) is 2. The molecular formula is C16H19FN4O. The molecule has 0 saturated heterocycles. The fourth-order valence-electron chi connectivity index (χ4n) is 1.79. The third-order valence-corrected chi connectivity index (χ3v) is 2.77. The number of benzene rings is 1. The summed E-state index contributed by atoms with van der Waals surface area (Å²) in [6, 6.07) is 8.00. The van der Waals surface area contributed by atoms with Crippen LogP contribution >= 0.6 is 0 Å². The predicted octanol–water partition coefficient (Wildman–Crippen LogP) is 2.76. The van der Waals surface area contributed by atoms with Gasteiger partial charge in [-0.1, -0.05) is 18.2 Å². The van der Waals surface area contributed by atoms with Crippen LogP contribution in [0.2, 0.25) is 0 Å². The number of halogens is 1. The molecule has 2 rings (SSSR count). The Morgan fingerprint density at radius 1 is 1.23 bits per heavy atom. The molecular weight excluding hydrogens is 283 g/mol. The van der Waals surface area contributed by atoms with E-state index in [9.17, 15) is 9.18 Å². The van der Waals surface area contributed by atoms with E-state index >= 15 is 0 Å². The van der Waals surface area contributed by atoms with E-state index in [1.54, 1.807) is 18.2 Å². The summed E-state index contributed by atoms with van der Waals surface area (Å²) in [6.07, 6.45) is 1.49. The van der Waals surface area contributed by atoms with Crippen LogP contribution in [-0.4, -0.2) is 21.4 Å². The fourth-order valence-corrected chi connectivity index (χ4v) is 1.79. The van der Waals surface area contributed by atoms with E-state index in [2.05, 4.69) is 20.6 Å². The topological polar surface area (TPSA) is 66.9 Å². The summed E-state index contributed by atoms with van der Waals surface area (Å²) in [6.45, 7) is 5.92. The molecule has 1 heterocycles. The second-order valence-electron chi connectivity index (χ2n) is 5.91. The lowest BCUT2D eigenvalue weighted by molar-refractivity contribution is 0.0914. The Balaban J connectivity index is 2.06. The molecule has 2 aromatic rings. The maximum atomic E-state index is 13.5. The number of carbonyl (C=O) groups is 1. The predicted molar refractivity (Wildman–Crippen MR) is 83.0 cm³/mol. The molecule has 0 unspecified atom stereocenters. The molecule has 0 fully saturated rings. The van der Waals surface area contributed by atoms with E-state index in [0.717, 1.165) is 0 Å². The van der Waals surface area contributed by atoms with Crippen LogP contribution in [0.3, 0.4) is 0 Å². The van der Waals surface area contributed by atoms with Gasteiger partial charge >= 0.3 is 0 Å². The summed E-state index contributed by atoms with van der Waals surface area (Å²) in [5.41, 5.74) is 0.430. The van der Waals surface area contributed by atoms with Crippen molar-refractivity contribution in [3.63, 3.8) is 0 Å². The minimum atomic E-state index is -0.344. The van der Waals surface area contributed by atoms with Gasteiger partial charge in [-0.15, -0.1) is 0 Å². The van der Waals surface area contributed by atoms with Crippen molar-refractivity contribution in [1.82, 2.24) is 15.3 Å². The highest BCUT2D eigenvalue weighted by Crippen LogP contribution is 2.09. The van der Waals surface area contributed by atoms with Gasteiger partial charge in [-0.25, -0.2) is 14.4 Å². The van der Waals surface area contributed by atoms with E-state index < -0.39 is 0 Å². The SMILES string of the molecule is CC(C)(C)NC(=O)c1ccnc(NCc2ccccc2F)n1. The van der Waals surface area contributed by atoms with Crippen molar-refractivity contribution in [1.29, 1.82) is 0 Å². The van der Waals surface area contributed by atoms with E-state index in [0.29, 0.717) is 5.56 Å². The van der Waals surface area contributed by atoms with E-state index in [-0.39, 0.29) is 35.5 Å². The van der Waals surface area contributed by atoms with Crippen molar-refractivity contribution in [3.05, 3.63) is 53.6 Å². The molecule has 1 amide bonds. The zero-order chi connectivity index (χ0) is 16.2. The van der Waals surface area contributed by atoms with E-state index in [1.165, 1.54) is 18.3 Å². The van der Waals surface area contributed by atoms with Crippen LogP contribution in [-0.2, 0) is 6.54 Å². The van der Waals surface area contributed by atoms with Gasteiger partial charge in [-0.2, -0.15) is 0 Å². The zero-order valence-corrected chi connectivity index (χ0v) is 12.9. The van der Waals surface area contributed by atoms with Gasteiger partial charge < -0.3 is 10.6 Å². The number of anilines is 1. The Hall–Kier alpha value is -2.50. The lowest BCUT2D eigenvalue weighted by Gasteiger charge is -2.20.